The van der Waals surface area contributed by atoms with Crippen molar-refractivity contribution in [3.05, 3.63) is 18.2 Å². The average Bonchev–Trinajstić information content (AvgIpc) is 2.70. The average molecular weight is 241 g/mol. The standard InChI is InChI=1S/C12H23N3O2/c1-4-16-9-11-14-6-7-15(11)10-12(2,3)17-8-5-13/h6-7H,4-5,8-10,13H2,1-3H3. The van der Waals surface area contributed by atoms with Crippen LogP contribution in [-0.4, -0.2) is 34.9 Å². The fraction of sp³-hybridized carbons (Fsp3) is 0.750. The lowest BCUT2D eigenvalue weighted by Gasteiger charge is -2.26. The Morgan fingerprint density at radius 1 is 1.47 bits per heavy atom. The molecule has 0 saturated carbocycles. The molecular weight excluding hydrogens is 218 g/mol. The van der Waals surface area contributed by atoms with E-state index in [0.717, 1.165) is 12.4 Å². The largest absolute Gasteiger partial charge is 0.374 e. The second-order valence-electron chi connectivity index (χ2n) is 4.51. The third-order valence-corrected chi connectivity index (χ3v) is 2.40. The highest BCUT2D eigenvalue weighted by atomic mass is 16.5. The van der Waals surface area contributed by atoms with Crippen LogP contribution in [0.5, 0.6) is 0 Å². The lowest BCUT2D eigenvalue weighted by Crippen LogP contribution is -2.33. The maximum absolute atomic E-state index is 5.70. The molecule has 0 radical (unpaired) electrons. The Morgan fingerprint density at radius 2 is 2.24 bits per heavy atom. The summed E-state index contributed by atoms with van der Waals surface area (Å²) in [6.45, 7) is 9.16. The van der Waals surface area contributed by atoms with Crippen LogP contribution in [0.3, 0.4) is 0 Å². The highest BCUT2D eigenvalue weighted by molar-refractivity contribution is 4.92. The van der Waals surface area contributed by atoms with E-state index in [9.17, 15) is 0 Å². The van der Waals surface area contributed by atoms with Crippen molar-refractivity contribution in [2.75, 3.05) is 19.8 Å². The van der Waals surface area contributed by atoms with Gasteiger partial charge in [0.2, 0.25) is 0 Å². The number of imidazole rings is 1. The zero-order valence-electron chi connectivity index (χ0n) is 11.0. The zero-order valence-corrected chi connectivity index (χ0v) is 11.0. The molecule has 17 heavy (non-hydrogen) atoms. The molecule has 0 fully saturated rings. The van der Waals surface area contributed by atoms with Crippen LogP contribution in [0.2, 0.25) is 0 Å². The van der Waals surface area contributed by atoms with Crippen LogP contribution in [0.25, 0.3) is 0 Å². The van der Waals surface area contributed by atoms with Crippen molar-refractivity contribution in [1.82, 2.24) is 9.55 Å². The third-order valence-electron chi connectivity index (χ3n) is 2.40. The van der Waals surface area contributed by atoms with Gasteiger partial charge in [0.15, 0.2) is 0 Å². The van der Waals surface area contributed by atoms with Crippen molar-refractivity contribution in [2.45, 2.75) is 39.5 Å². The van der Waals surface area contributed by atoms with Gasteiger partial charge in [-0.15, -0.1) is 0 Å². The number of nitrogens with two attached hydrogens (primary N) is 1. The van der Waals surface area contributed by atoms with Crippen LogP contribution in [-0.2, 0) is 22.6 Å². The van der Waals surface area contributed by atoms with E-state index in [1.165, 1.54) is 0 Å². The maximum atomic E-state index is 5.70. The van der Waals surface area contributed by atoms with E-state index in [2.05, 4.69) is 9.55 Å². The first kappa shape index (κ1) is 14.2. The van der Waals surface area contributed by atoms with Gasteiger partial charge in [0.05, 0.1) is 18.8 Å². The molecule has 0 unspecified atom stereocenters. The minimum Gasteiger partial charge on any atom is -0.374 e. The summed E-state index contributed by atoms with van der Waals surface area (Å²) in [5, 5.41) is 0. The molecule has 98 valence electrons. The van der Waals surface area contributed by atoms with E-state index in [1.54, 1.807) is 6.20 Å². The third kappa shape index (κ3) is 4.85. The minimum atomic E-state index is -0.249. The van der Waals surface area contributed by atoms with Crippen LogP contribution in [0.15, 0.2) is 12.4 Å². The topological polar surface area (TPSA) is 62.3 Å². The summed E-state index contributed by atoms with van der Waals surface area (Å²) in [7, 11) is 0. The summed E-state index contributed by atoms with van der Waals surface area (Å²) in [5.41, 5.74) is 5.19. The van der Waals surface area contributed by atoms with E-state index in [4.69, 9.17) is 15.2 Å². The fourth-order valence-corrected chi connectivity index (χ4v) is 1.61. The second kappa shape index (κ2) is 6.74. The Bertz CT molecular complexity index is 323. The number of hydrogen-bond acceptors (Lipinski definition) is 4. The van der Waals surface area contributed by atoms with E-state index < -0.39 is 0 Å². The van der Waals surface area contributed by atoms with E-state index in [-0.39, 0.29) is 5.60 Å². The van der Waals surface area contributed by atoms with Gasteiger partial charge in [0, 0.05) is 25.5 Å². The van der Waals surface area contributed by atoms with Crippen molar-refractivity contribution >= 4 is 0 Å². The van der Waals surface area contributed by atoms with Gasteiger partial charge in [0.1, 0.15) is 12.4 Å². The number of ether oxygens (including phenoxy) is 2. The van der Waals surface area contributed by atoms with Gasteiger partial charge in [-0.3, -0.25) is 0 Å². The second-order valence-corrected chi connectivity index (χ2v) is 4.51. The summed E-state index contributed by atoms with van der Waals surface area (Å²) in [6.07, 6.45) is 3.73. The monoisotopic (exact) mass is 241 g/mol. The molecule has 2 N–H and O–H groups in total. The molecule has 5 nitrogen and oxygen atoms in total. The summed E-state index contributed by atoms with van der Waals surface area (Å²) in [6, 6.07) is 0. The molecule has 5 heteroatoms. The number of rotatable bonds is 8. The Hall–Kier alpha value is -0.910. The van der Waals surface area contributed by atoms with Crippen molar-refractivity contribution in [2.24, 2.45) is 5.73 Å². The van der Waals surface area contributed by atoms with E-state index >= 15 is 0 Å². The molecule has 1 heterocycles. The van der Waals surface area contributed by atoms with Crippen molar-refractivity contribution in [1.29, 1.82) is 0 Å². The summed E-state index contributed by atoms with van der Waals surface area (Å²) in [4.78, 5) is 4.28. The first-order valence-electron chi connectivity index (χ1n) is 6.01. The van der Waals surface area contributed by atoms with Crippen molar-refractivity contribution in [3.8, 4) is 0 Å². The minimum absolute atomic E-state index is 0.249. The summed E-state index contributed by atoms with van der Waals surface area (Å²) >= 11 is 0. The smallest absolute Gasteiger partial charge is 0.134 e. The molecule has 0 bridgehead atoms. The van der Waals surface area contributed by atoms with Gasteiger partial charge in [-0.05, 0) is 20.8 Å². The molecule has 0 amide bonds. The maximum Gasteiger partial charge on any atom is 0.134 e. The van der Waals surface area contributed by atoms with Gasteiger partial charge in [0.25, 0.3) is 0 Å². The highest BCUT2D eigenvalue weighted by Gasteiger charge is 2.20. The normalized spacial score (nSPS) is 12.0. The van der Waals surface area contributed by atoms with Crippen molar-refractivity contribution < 1.29 is 9.47 Å². The predicted molar refractivity (Wildman–Crippen MR) is 66.6 cm³/mol. The van der Waals surface area contributed by atoms with Gasteiger partial charge in [-0.25, -0.2) is 4.98 Å². The molecule has 1 aromatic rings. The summed E-state index contributed by atoms with van der Waals surface area (Å²) in [5.74, 6) is 0.927. The van der Waals surface area contributed by atoms with Crippen molar-refractivity contribution in [3.63, 3.8) is 0 Å². The molecule has 0 aliphatic carbocycles. The molecule has 0 spiro atoms. The predicted octanol–water partition coefficient (Wildman–Crippen LogP) is 1.17. The molecule has 1 rings (SSSR count). The van der Waals surface area contributed by atoms with Gasteiger partial charge in [-0.1, -0.05) is 0 Å². The SMILES string of the molecule is CCOCc1nccn1CC(C)(C)OCCN. The lowest BCUT2D eigenvalue weighted by molar-refractivity contribution is -0.0266. The summed E-state index contributed by atoms with van der Waals surface area (Å²) < 4.78 is 13.1. The Morgan fingerprint density at radius 3 is 2.88 bits per heavy atom. The lowest BCUT2D eigenvalue weighted by atomic mass is 10.1. The van der Waals surface area contributed by atoms with Gasteiger partial charge in [-0.2, -0.15) is 0 Å². The molecular formula is C12H23N3O2. The molecule has 1 aromatic heterocycles. The highest BCUT2D eigenvalue weighted by Crippen LogP contribution is 2.14. The fourth-order valence-electron chi connectivity index (χ4n) is 1.61. The molecule has 0 saturated heterocycles. The number of nitrogens with zero attached hydrogens (tertiary/aromatic N) is 2. The molecule has 0 aliphatic heterocycles. The molecule has 0 aliphatic rings. The Kier molecular flexibility index (Phi) is 5.61. The van der Waals surface area contributed by atoms with Crippen LogP contribution in [0.4, 0.5) is 0 Å². The first-order valence-corrected chi connectivity index (χ1v) is 6.01. The molecule has 0 aromatic carbocycles. The van der Waals surface area contributed by atoms with Crippen LogP contribution >= 0.6 is 0 Å². The number of aromatic nitrogens is 2. The van der Waals surface area contributed by atoms with Crippen LogP contribution < -0.4 is 5.73 Å². The zero-order chi connectivity index (χ0) is 12.7. The molecule has 0 atom stereocenters. The van der Waals surface area contributed by atoms with Gasteiger partial charge < -0.3 is 19.8 Å². The van der Waals surface area contributed by atoms with Gasteiger partial charge >= 0.3 is 0 Å². The Balaban J connectivity index is 2.57. The van der Waals surface area contributed by atoms with Crippen LogP contribution in [0, 0.1) is 0 Å². The van der Waals surface area contributed by atoms with E-state index in [0.29, 0.717) is 26.4 Å². The van der Waals surface area contributed by atoms with E-state index in [1.807, 2.05) is 27.0 Å². The first-order chi connectivity index (χ1) is 8.09. The quantitative estimate of drug-likeness (QED) is 0.742. The van der Waals surface area contributed by atoms with Crippen LogP contribution in [0.1, 0.15) is 26.6 Å². The number of hydrogen-bond donors (Lipinski definition) is 1. The Labute approximate surface area is 103 Å².